The van der Waals surface area contributed by atoms with Gasteiger partial charge >= 0.3 is 12.0 Å². The molecule has 0 aliphatic carbocycles. The average Bonchev–Trinajstić information content (AvgIpc) is 3.06. The molecule has 160 valence electrons. The summed E-state index contributed by atoms with van der Waals surface area (Å²) in [6.07, 6.45) is 1.58. The van der Waals surface area contributed by atoms with E-state index in [0.29, 0.717) is 22.0 Å². The van der Waals surface area contributed by atoms with Crippen molar-refractivity contribution in [3.8, 4) is 5.75 Å². The van der Waals surface area contributed by atoms with Crippen molar-refractivity contribution in [1.82, 2.24) is 5.32 Å². The van der Waals surface area contributed by atoms with Gasteiger partial charge in [0.05, 0.1) is 11.3 Å². The molecular formula is C24H17ClN2O5. The van der Waals surface area contributed by atoms with Gasteiger partial charge in [0.15, 0.2) is 0 Å². The van der Waals surface area contributed by atoms with Gasteiger partial charge in [-0.25, -0.2) is 14.5 Å². The standard InChI is InChI=1S/C24H17ClN2O5/c25-18-2-1-3-19(13-18)27-22(28)21(26-24(27)31)12-15-6-10-20(11-7-15)32-14-16-4-8-17(9-5-16)23(29)30/h1-13H,14H2,(H,26,31)(H,29,30). The molecule has 4 rings (SSSR count). The largest absolute Gasteiger partial charge is 0.489 e. The molecule has 32 heavy (non-hydrogen) atoms. The highest BCUT2D eigenvalue weighted by molar-refractivity contribution is 6.32. The Kier molecular flexibility index (Phi) is 5.91. The highest BCUT2D eigenvalue weighted by Gasteiger charge is 2.34. The number of hydrogen-bond donors (Lipinski definition) is 2. The lowest BCUT2D eigenvalue weighted by Gasteiger charge is -2.11. The predicted octanol–water partition coefficient (Wildman–Crippen LogP) is 4.71. The molecule has 2 N–H and O–H groups in total. The van der Waals surface area contributed by atoms with Crippen molar-refractivity contribution in [3.05, 3.63) is 100 Å². The zero-order valence-electron chi connectivity index (χ0n) is 16.6. The second kappa shape index (κ2) is 8.95. The van der Waals surface area contributed by atoms with E-state index in [1.807, 2.05) is 0 Å². The quantitative estimate of drug-likeness (QED) is 0.420. The number of ether oxygens (including phenoxy) is 1. The molecular weight excluding hydrogens is 432 g/mol. The van der Waals surface area contributed by atoms with Crippen LogP contribution in [0.5, 0.6) is 5.75 Å². The second-order valence-corrected chi connectivity index (χ2v) is 7.40. The Balaban J connectivity index is 1.42. The number of nitrogens with one attached hydrogen (secondary N) is 1. The molecule has 0 saturated carbocycles. The van der Waals surface area contributed by atoms with Gasteiger partial charge in [-0.05, 0) is 59.7 Å². The summed E-state index contributed by atoms with van der Waals surface area (Å²) in [6, 6.07) is 19.4. The molecule has 1 fully saturated rings. The third-order valence-corrected chi connectivity index (χ3v) is 4.98. The number of carbonyl (C=O) groups excluding carboxylic acids is 2. The summed E-state index contributed by atoms with van der Waals surface area (Å²) < 4.78 is 5.72. The van der Waals surface area contributed by atoms with Crippen molar-refractivity contribution < 1.29 is 24.2 Å². The molecule has 0 spiro atoms. The lowest BCUT2D eigenvalue weighted by atomic mass is 10.1. The highest BCUT2D eigenvalue weighted by atomic mass is 35.5. The van der Waals surface area contributed by atoms with Crippen LogP contribution in [0.3, 0.4) is 0 Å². The van der Waals surface area contributed by atoms with E-state index in [1.54, 1.807) is 66.7 Å². The van der Waals surface area contributed by atoms with E-state index in [-0.39, 0.29) is 17.9 Å². The van der Waals surface area contributed by atoms with Crippen LogP contribution >= 0.6 is 11.6 Å². The van der Waals surface area contributed by atoms with E-state index >= 15 is 0 Å². The van der Waals surface area contributed by atoms with Crippen molar-refractivity contribution in [2.24, 2.45) is 0 Å². The number of imide groups is 1. The number of aromatic carboxylic acids is 1. The average molecular weight is 449 g/mol. The summed E-state index contributed by atoms with van der Waals surface area (Å²) in [7, 11) is 0. The van der Waals surface area contributed by atoms with Gasteiger partial charge in [0.1, 0.15) is 18.1 Å². The molecule has 0 atom stereocenters. The molecule has 0 radical (unpaired) electrons. The van der Waals surface area contributed by atoms with Gasteiger partial charge in [0.25, 0.3) is 5.91 Å². The number of halogens is 1. The number of nitrogens with zero attached hydrogens (tertiary/aromatic N) is 1. The first kappa shape index (κ1) is 21.1. The second-order valence-electron chi connectivity index (χ2n) is 6.97. The van der Waals surface area contributed by atoms with Crippen LogP contribution in [0.4, 0.5) is 10.5 Å². The molecule has 1 heterocycles. The molecule has 0 bridgehead atoms. The Morgan fingerprint density at radius 1 is 1.03 bits per heavy atom. The molecule has 3 aromatic rings. The molecule has 1 aliphatic rings. The molecule has 8 heteroatoms. The first-order valence-electron chi connectivity index (χ1n) is 9.58. The summed E-state index contributed by atoms with van der Waals surface area (Å²) >= 11 is 5.96. The van der Waals surface area contributed by atoms with Gasteiger partial charge < -0.3 is 15.2 Å². The topological polar surface area (TPSA) is 95.9 Å². The van der Waals surface area contributed by atoms with Gasteiger partial charge in [-0.2, -0.15) is 0 Å². The maximum atomic E-state index is 12.7. The number of urea groups is 1. The van der Waals surface area contributed by atoms with Crippen molar-refractivity contribution >= 4 is 41.3 Å². The van der Waals surface area contributed by atoms with Gasteiger partial charge in [-0.3, -0.25) is 4.79 Å². The van der Waals surface area contributed by atoms with Crippen LogP contribution < -0.4 is 15.0 Å². The van der Waals surface area contributed by atoms with E-state index in [9.17, 15) is 14.4 Å². The van der Waals surface area contributed by atoms with E-state index in [0.717, 1.165) is 10.5 Å². The number of rotatable bonds is 6. The minimum atomic E-state index is -0.977. The third kappa shape index (κ3) is 4.63. The molecule has 1 aliphatic heterocycles. The van der Waals surface area contributed by atoms with Gasteiger partial charge in [0.2, 0.25) is 0 Å². The predicted molar refractivity (Wildman–Crippen MR) is 120 cm³/mol. The maximum absolute atomic E-state index is 12.7. The Bertz CT molecular complexity index is 1220. The van der Waals surface area contributed by atoms with E-state index in [4.69, 9.17) is 21.4 Å². The summed E-state index contributed by atoms with van der Waals surface area (Å²) in [5, 5.41) is 11.9. The van der Waals surface area contributed by atoms with E-state index in [2.05, 4.69) is 5.32 Å². The van der Waals surface area contributed by atoms with Gasteiger partial charge in [-0.15, -0.1) is 0 Å². The maximum Gasteiger partial charge on any atom is 0.335 e. The van der Waals surface area contributed by atoms with Crippen LogP contribution in [0.15, 0.2) is 78.5 Å². The summed E-state index contributed by atoms with van der Waals surface area (Å²) in [4.78, 5) is 36.9. The number of amides is 3. The zero-order valence-corrected chi connectivity index (χ0v) is 17.4. The van der Waals surface area contributed by atoms with Crippen LogP contribution in [-0.2, 0) is 11.4 Å². The first-order chi connectivity index (χ1) is 15.4. The van der Waals surface area contributed by atoms with Gasteiger partial charge in [0, 0.05) is 5.02 Å². The van der Waals surface area contributed by atoms with Crippen molar-refractivity contribution in [1.29, 1.82) is 0 Å². The van der Waals surface area contributed by atoms with Crippen LogP contribution in [0.1, 0.15) is 21.5 Å². The van der Waals surface area contributed by atoms with E-state index in [1.165, 1.54) is 12.1 Å². The third-order valence-electron chi connectivity index (χ3n) is 4.74. The molecule has 7 nitrogen and oxygen atoms in total. The smallest absolute Gasteiger partial charge is 0.335 e. The first-order valence-corrected chi connectivity index (χ1v) is 9.96. The van der Waals surface area contributed by atoms with Crippen molar-refractivity contribution in [2.45, 2.75) is 6.61 Å². The minimum absolute atomic E-state index is 0.155. The molecule has 3 amide bonds. The molecule has 3 aromatic carbocycles. The fourth-order valence-electron chi connectivity index (χ4n) is 3.12. The Labute approximate surface area is 188 Å². The number of carbonyl (C=O) groups is 3. The Hall–Kier alpha value is -4.10. The van der Waals surface area contributed by atoms with Crippen molar-refractivity contribution in [3.63, 3.8) is 0 Å². The fourth-order valence-corrected chi connectivity index (χ4v) is 3.31. The van der Waals surface area contributed by atoms with Gasteiger partial charge in [-0.1, -0.05) is 41.9 Å². The lowest BCUT2D eigenvalue weighted by Crippen LogP contribution is -2.30. The molecule has 0 aromatic heterocycles. The SMILES string of the molecule is O=C(O)c1ccc(COc2ccc(C=C3NC(=O)N(c4cccc(Cl)c4)C3=O)cc2)cc1. The molecule has 0 unspecified atom stereocenters. The number of hydrogen-bond acceptors (Lipinski definition) is 4. The van der Waals surface area contributed by atoms with Crippen LogP contribution in [0.2, 0.25) is 5.02 Å². The summed E-state index contributed by atoms with van der Waals surface area (Å²) in [6.45, 7) is 0.281. The number of carboxylic acid groups (broad SMARTS) is 1. The minimum Gasteiger partial charge on any atom is -0.489 e. The molecule has 1 saturated heterocycles. The number of carboxylic acids is 1. The lowest BCUT2D eigenvalue weighted by molar-refractivity contribution is -0.113. The Morgan fingerprint density at radius 3 is 2.41 bits per heavy atom. The summed E-state index contributed by atoms with van der Waals surface area (Å²) in [5.74, 6) is -0.839. The number of benzene rings is 3. The number of anilines is 1. The zero-order chi connectivity index (χ0) is 22.7. The van der Waals surface area contributed by atoms with E-state index < -0.39 is 17.9 Å². The monoisotopic (exact) mass is 448 g/mol. The Morgan fingerprint density at radius 2 is 1.75 bits per heavy atom. The van der Waals surface area contributed by atoms with Crippen LogP contribution in [0.25, 0.3) is 6.08 Å². The normalized spacial score (nSPS) is 14.5. The summed E-state index contributed by atoms with van der Waals surface area (Å²) in [5.41, 5.74) is 2.31. The van der Waals surface area contributed by atoms with Crippen LogP contribution in [0, 0.1) is 0 Å². The van der Waals surface area contributed by atoms with Crippen LogP contribution in [-0.4, -0.2) is 23.0 Å². The highest BCUT2D eigenvalue weighted by Crippen LogP contribution is 2.25. The fraction of sp³-hybridized carbons (Fsp3) is 0.0417. The van der Waals surface area contributed by atoms with Crippen molar-refractivity contribution in [2.75, 3.05) is 4.90 Å².